The molecule has 0 aliphatic heterocycles. The quantitative estimate of drug-likeness (QED) is 0.209. The molecular weight excluding hydrogens is 623 g/mol. The van der Waals surface area contributed by atoms with E-state index in [0.717, 1.165) is 18.9 Å². The molecule has 29 heavy (non-hydrogen) atoms. The summed E-state index contributed by atoms with van der Waals surface area (Å²) >= 11 is 5.21. The molecule has 2 aromatic carbocycles. The van der Waals surface area contributed by atoms with Gasteiger partial charge in [-0.15, -0.1) is 5.10 Å². The lowest BCUT2D eigenvalue weighted by atomic mass is 10.2. The van der Waals surface area contributed by atoms with E-state index in [2.05, 4.69) is 60.4 Å². The summed E-state index contributed by atoms with van der Waals surface area (Å²) < 4.78 is 21.5. The van der Waals surface area contributed by atoms with E-state index in [4.69, 9.17) is 4.74 Å². The number of nitrogens with one attached hydrogen (secondary N) is 1. The van der Waals surface area contributed by atoms with Gasteiger partial charge in [0, 0.05) is 14.7 Å². The van der Waals surface area contributed by atoms with Gasteiger partial charge in [-0.25, -0.2) is 14.2 Å². The van der Waals surface area contributed by atoms with Crippen LogP contribution in [0.4, 0.5) is 4.39 Å². The number of thioether (sulfide) groups is 1. The summed E-state index contributed by atoms with van der Waals surface area (Å²) in [5.41, 5.74) is 0.996. The van der Waals surface area contributed by atoms with Gasteiger partial charge in [0.2, 0.25) is 5.16 Å². The molecule has 0 saturated carbocycles. The third-order valence-electron chi connectivity index (χ3n) is 3.64. The van der Waals surface area contributed by atoms with E-state index >= 15 is 0 Å². The summed E-state index contributed by atoms with van der Waals surface area (Å²) in [4.78, 5) is 15.9. The fourth-order valence-corrected chi connectivity index (χ4v) is 5.14. The van der Waals surface area contributed by atoms with Crippen LogP contribution in [0.25, 0.3) is 6.08 Å². The Morgan fingerprint density at radius 2 is 2.10 bits per heavy atom. The smallest absolute Gasteiger partial charge is 0.342 e. The highest BCUT2D eigenvalue weighted by molar-refractivity contribution is 14.1. The van der Waals surface area contributed by atoms with Crippen molar-refractivity contribution in [3.05, 3.63) is 71.2 Å². The number of ether oxygens (including phenoxy) is 1. The number of hydrogen-bond acceptors (Lipinski definition) is 5. The minimum absolute atomic E-state index is 0.0276. The average Bonchev–Trinajstić information content (AvgIpc) is 3.06. The SMILES string of the molecule is Cc1nc(S/C(=C\c2cc(I)cc(I)c2OCc2ccccc2F)C(=O)O)n[nH]1. The van der Waals surface area contributed by atoms with Gasteiger partial charge >= 0.3 is 5.97 Å². The second-order valence-corrected chi connectivity index (χ2v) is 9.22. The van der Waals surface area contributed by atoms with Crippen LogP contribution >= 0.6 is 56.9 Å². The van der Waals surface area contributed by atoms with Gasteiger partial charge in [-0.05, 0) is 88.1 Å². The largest absolute Gasteiger partial charge is 0.487 e. The van der Waals surface area contributed by atoms with Crippen LogP contribution in [0.15, 0.2) is 46.5 Å². The number of aliphatic carboxylic acids is 1. The summed E-state index contributed by atoms with van der Waals surface area (Å²) in [6.45, 7) is 1.76. The Kier molecular flexibility index (Phi) is 7.51. The van der Waals surface area contributed by atoms with Gasteiger partial charge in [0.1, 0.15) is 28.9 Å². The molecule has 150 valence electrons. The molecule has 1 aromatic heterocycles. The van der Waals surface area contributed by atoms with Gasteiger partial charge < -0.3 is 9.84 Å². The Morgan fingerprint density at radius 1 is 1.34 bits per heavy atom. The van der Waals surface area contributed by atoms with E-state index in [0.29, 0.717) is 27.9 Å². The Balaban J connectivity index is 1.95. The van der Waals surface area contributed by atoms with Gasteiger partial charge in [0.15, 0.2) is 0 Å². The molecule has 6 nitrogen and oxygen atoms in total. The van der Waals surface area contributed by atoms with Crippen molar-refractivity contribution in [3.8, 4) is 5.75 Å². The van der Waals surface area contributed by atoms with Crippen molar-refractivity contribution in [2.24, 2.45) is 0 Å². The number of carboxylic acid groups (broad SMARTS) is 1. The van der Waals surface area contributed by atoms with E-state index in [1.807, 2.05) is 12.1 Å². The number of nitrogens with zero attached hydrogens (tertiary/aromatic N) is 2. The van der Waals surface area contributed by atoms with Gasteiger partial charge in [0.25, 0.3) is 0 Å². The molecule has 0 fully saturated rings. The Bertz CT molecular complexity index is 1090. The van der Waals surface area contributed by atoms with Crippen LogP contribution < -0.4 is 4.74 Å². The van der Waals surface area contributed by atoms with Crippen molar-refractivity contribution in [3.63, 3.8) is 0 Å². The van der Waals surface area contributed by atoms with Crippen LogP contribution in [0.3, 0.4) is 0 Å². The first-order valence-electron chi connectivity index (χ1n) is 8.20. The highest BCUT2D eigenvalue weighted by Gasteiger charge is 2.17. The normalized spacial score (nSPS) is 11.5. The van der Waals surface area contributed by atoms with Crippen LogP contribution in [0.2, 0.25) is 0 Å². The van der Waals surface area contributed by atoms with Crippen LogP contribution in [-0.4, -0.2) is 26.3 Å². The Labute approximate surface area is 197 Å². The number of carbonyl (C=O) groups is 1. The molecule has 3 rings (SSSR count). The number of hydrogen-bond donors (Lipinski definition) is 2. The van der Waals surface area contributed by atoms with Gasteiger partial charge in [-0.2, -0.15) is 0 Å². The Hall–Kier alpha value is -1.67. The molecule has 3 aromatic rings. The Morgan fingerprint density at radius 3 is 2.76 bits per heavy atom. The average molecular weight is 637 g/mol. The maximum atomic E-state index is 13.9. The molecular formula is C19H14FI2N3O3S. The zero-order valence-electron chi connectivity index (χ0n) is 14.9. The van der Waals surface area contributed by atoms with Crippen molar-refractivity contribution >= 4 is 69.0 Å². The number of halogens is 3. The van der Waals surface area contributed by atoms with Crippen LogP contribution in [0.1, 0.15) is 17.0 Å². The first kappa shape index (κ1) is 22.0. The van der Waals surface area contributed by atoms with E-state index in [1.54, 1.807) is 25.1 Å². The fourth-order valence-electron chi connectivity index (χ4n) is 2.35. The summed E-state index contributed by atoms with van der Waals surface area (Å²) in [6.07, 6.45) is 1.51. The van der Waals surface area contributed by atoms with Crippen molar-refractivity contribution in [1.82, 2.24) is 15.2 Å². The number of aromatic nitrogens is 3. The highest BCUT2D eigenvalue weighted by Crippen LogP contribution is 2.34. The lowest BCUT2D eigenvalue weighted by Gasteiger charge is -2.13. The number of carboxylic acids is 1. The third-order valence-corrected chi connectivity index (χ3v) is 5.94. The molecule has 0 spiro atoms. The second kappa shape index (κ2) is 9.89. The summed E-state index contributed by atoms with van der Waals surface area (Å²) in [5, 5.41) is 16.6. The second-order valence-electron chi connectivity index (χ2n) is 5.81. The zero-order valence-corrected chi connectivity index (χ0v) is 20.1. The van der Waals surface area contributed by atoms with Crippen molar-refractivity contribution in [2.45, 2.75) is 18.7 Å². The van der Waals surface area contributed by atoms with Crippen LogP contribution in [0, 0.1) is 19.9 Å². The molecule has 0 aliphatic carbocycles. The first-order valence-corrected chi connectivity index (χ1v) is 11.2. The van der Waals surface area contributed by atoms with E-state index in [-0.39, 0.29) is 17.3 Å². The zero-order chi connectivity index (χ0) is 21.0. The van der Waals surface area contributed by atoms with Crippen molar-refractivity contribution in [1.29, 1.82) is 0 Å². The maximum absolute atomic E-state index is 13.9. The summed E-state index contributed by atoms with van der Waals surface area (Å²) in [5.74, 6) is -0.381. The number of aromatic amines is 1. The standard InChI is InChI=1S/C19H14FI2N3O3S/c1-10-23-19(25-24-10)29-16(18(26)27)7-12-6-13(21)8-15(22)17(12)28-9-11-4-2-3-5-14(11)20/h2-8H,9H2,1H3,(H,26,27)(H,23,24,25)/b16-7-. The molecule has 0 saturated heterocycles. The predicted octanol–water partition coefficient (Wildman–Crippen LogP) is 5.26. The molecule has 0 amide bonds. The number of H-pyrrole nitrogens is 1. The molecule has 0 atom stereocenters. The van der Waals surface area contributed by atoms with E-state index < -0.39 is 5.97 Å². The van der Waals surface area contributed by atoms with Crippen LogP contribution in [-0.2, 0) is 11.4 Å². The van der Waals surface area contributed by atoms with Gasteiger partial charge in [-0.1, -0.05) is 18.2 Å². The van der Waals surface area contributed by atoms with E-state index in [1.165, 1.54) is 12.1 Å². The lowest BCUT2D eigenvalue weighted by Crippen LogP contribution is -2.03. The summed E-state index contributed by atoms with van der Waals surface area (Å²) in [6, 6.07) is 10.1. The number of benzene rings is 2. The topological polar surface area (TPSA) is 88.1 Å². The van der Waals surface area contributed by atoms with Crippen LogP contribution in [0.5, 0.6) is 5.75 Å². The molecule has 10 heteroatoms. The predicted molar refractivity (Wildman–Crippen MR) is 125 cm³/mol. The molecule has 0 bridgehead atoms. The van der Waals surface area contributed by atoms with E-state index in [9.17, 15) is 14.3 Å². The third kappa shape index (κ3) is 5.92. The highest BCUT2D eigenvalue weighted by atomic mass is 127. The van der Waals surface area contributed by atoms with Gasteiger partial charge in [-0.3, -0.25) is 5.10 Å². The molecule has 2 N–H and O–H groups in total. The maximum Gasteiger partial charge on any atom is 0.342 e. The molecule has 1 heterocycles. The number of rotatable bonds is 7. The van der Waals surface area contributed by atoms with Crippen molar-refractivity contribution < 1.29 is 19.0 Å². The molecule has 0 aliphatic rings. The molecule has 0 radical (unpaired) electrons. The monoisotopic (exact) mass is 637 g/mol. The first-order chi connectivity index (χ1) is 13.8. The molecule has 0 unspecified atom stereocenters. The summed E-state index contributed by atoms with van der Waals surface area (Å²) in [7, 11) is 0. The fraction of sp³-hybridized carbons (Fsp3) is 0.105. The van der Waals surface area contributed by atoms with Gasteiger partial charge in [0.05, 0.1) is 3.57 Å². The van der Waals surface area contributed by atoms with Crippen molar-refractivity contribution in [2.75, 3.05) is 0 Å². The minimum Gasteiger partial charge on any atom is -0.487 e. The lowest BCUT2D eigenvalue weighted by molar-refractivity contribution is -0.131. The number of aryl methyl sites for hydroxylation is 1. The minimum atomic E-state index is -1.11.